The highest BCUT2D eigenvalue weighted by Gasteiger charge is 2.30. The first-order chi connectivity index (χ1) is 13.6. The summed E-state index contributed by atoms with van der Waals surface area (Å²) in [6.45, 7) is 3.11. The number of carbonyl (C=O) groups is 1. The van der Waals surface area contributed by atoms with E-state index >= 15 is 0 Å². The fraction of sp³-hybridized carbons (Fsp3) is 0.238. The molecule has 0 atom stereocenters. The van der Waals surface area contributed by atoms with Gasteiger partial charge in [-0.25, -0.2) is 0 Å². The van der Waals surface area contributed by atoms with Crippen molar-refractivity contribution < 1.29 is 9.72 Å². The number of carbonyl (C=O) groups excluding carboxylic acids is 1. The van der Waals surface area contributed by atoms with Gasteiger partial charge in [0.15, 0.2) is 0 Å². The van der Waals surface area contributed by atoms with E-state index in [-0.39, 0.29) is 11.6 Å². The summed E-state index contributed by atoms with van der Waals surface area (Å²) in [5.74, 6) is -0.157. The molecule has 7 heteroatoms. The fourth-order valence-electron chi connectivity index (χ4n) is 3.69. The lowest BCUT2D eigenvalue weighted by Crippen LogP contribution is -2.29. The topological polar surface area (TPSA) is 81.3 Å². The van der Waals surface area contributed by atoms with Crippen molar-refractivity contribution in [2.24, 2.45) is 0 Å². The number of aromatic nitrogens is 2. The molecule has 4 rings (SSSR count). The number of fused-ring (bicyclic) bond motifs is 1. The van der Waals surface area contributed by atoms with Crippen molar-refractivity contribution in [2.75, 3.05) is 11.4 Å². The van der Waals surface area contributed by atoms with E-state index < -0.39 is 4.92 Å². The van der Waals surface area contributed by atoms with Gasteiger partial charge in [0.05, 0.1) is 34.6 Å². The lowest BCUT2D eigenvalue weighted by molar-refractivity contribution is -0.384. The standard InChI is InChI=1S/C21H20N4O3/c1-2-19-18(13-22-24(19)14-15-6-4-3-5-7-15)21(26)23-11-10-16-8-9-17(25(27)28)12-20(16)23/h3-9,12-13H,2,10-11,14H2,1H3. The molecule has 0 bridgehead atoms. The van der Waals surface area contributed by atoms with E-state index in [1.165, 1.54) is 12.1 Å². The molecule has 1 aliphatic heterocycles. The molecule has 0 unspecified atom stereocenters. The Balaban J connectivity index is 1.65. The van der Waals surface area contributed by atoms with Crippen LogP contribution in [-0.2, 0) is 19.4 Å². The van der Waals surface area contributed by atoms with Crippen molar-refractivity contribution in [1.82, 2.24) is 9.78 Å². The first kappa shape index (κ1) is 17.9. The average molecular weight is 376 g/mol. The third kappa shape index (κ3) is 3.15. The SMILES string of the molecule is CCc1c(C(=O)N2CCc3ccc([N+](=O)[O-])cc32)cnn1Cc1ccccc1. The van der Waals surface area contributed by atoms with Gasteiger partial charge in [-0.15, -0.1) is 0 Å². The summed E-state index contributed by atoms with van der Waals surface area (Å²) in [6.07, 6.45) is 2.97. The minimum Gasteiger partial charge on any atom is -0.307 e. The molecule has 0 radical (unpaired) electrons. The van der Waals surface area contributed by atoms with Crippen LogP contribution in [0.2, 0.25) is 0 Å². The molecule has 0 fully saturated rings. The number of amides is 1. The molecule has 28 heavy (non-hydrogen) atoms. The Hall–Kier alpha value is -3.48. The summed E-state index contributed by atoms with van der Waals surface area (Å²) in [7, 11) is 0. The third-order valence-electron chi connectivity index (χ3n) is 5.11. The molecule has 1 amide bonds. The predicted molar refractivity (Wildman–Crippen MR) is 106 cm³/mol. The minimum absolute atomic E-state index is 0.00561. The summed E-state index contributed by atoms with van der Waals surface area (Å²) >= 11 is 0. The van der Waals surface area contributed by atoms with E-state index in [9.17, 15) is 14.9 Å². The summed E-state index contributed by atoms with van der Waals surface area (Å²) < 4.78 is 1.85. The van der Waals surface area contributed by atoms with Gasteiger partial charge in [-0.3, -0.25) is 19.6 Å². The zero-order valence-electron chi connectivity index (χ0n) is 15.5. The number of benzene rings is 2. The fourth-order valence-corrected chi connectivity index (χ4v) is 3.69. The summed E-state index contributed by atoms with van der Waals surface area (Å²) in [6, 6.07) is 14.7. The lowest BCUT2D eigenvalue weighted by Gasteiger charge is -2.17. The Morgan fingerprint density at radius 3 is 2.71 bits per heavy atom. The second-order valence-electron chi connectivity index (χ2n) is 6.78. The van der Waals surface area contributed by atoms with Crippen molar-refractivity contribution in [1.29, 1.82) is 0 Å². The van der Waals surface area contributed by atoms with E-state index in [0.29, 0.717) is 37.2 Å². The van der Waals surface area contributed by atoms with Crippen LogP contribution in [0.5, 0.6) is 0 Å². The van der Waals surface area contributed by atoms with E-state index in [1.54, 1.807) is 17.2 Å². The second kappa shape index (κ2) is 7.26. The average Bonchev–Trinajstić information content (AvgIpc) is 3.31. The highest BCUT2D eigenvalue weighted by molar-refractivity contribution is 6.08. The van der Waals surface area contributed by atoms with Crippen molar-refractivity contribution in [2.45, 2.75) is 26.3 Å². The van der Waals surface area contributed by atoms with Crippen molar-refractivity contribution in [3.63, 3.8) is 0 Å². The van der Waals surface area contributed by atoms with Crippen LogP contribution >= 0.6 is 0 Å². The number of rotatable bonds is 5. The van der Waals surface area contributed by atoms with Gasteiger partial charge in [-0.2, -0.15) is 5.10 Å². The van der Waals surface area contributed by atoms with Gasteiger partial charge < -0.3 is 4.90 Å². The summed E-state index contributed by atoms with van der Waals surface area (Å²) in [4.78, 5) is 25.5. The number of nitro groups is 1. The third-order valence-corrected chi connectivity index (χ3v) is 5.11. The molecule has 0 saturated heterocycles. The molecule has 2 aromatic carbocycles. The maximum Gasteiger partial charge on any atom is 0.271 e. The molecular formula is C21H20N4O3. The molecule has 0 N–H and O–H groups in total. The highest BCUT2D eigenvalue weighted by Crippen LogP contribution is 2.33. The zero-order valence-corrected chi connectivity index (χ0v) is 15.5. The Kier molecular flexibility index (Phi) is 4.65. The second-order valence-corrected chi connectivity index (χ2v) is 6.78. The molecule has 142 valence electrons. The lowest BCUT2D eigenvalue weighted by atomic mass is 10.1. The molecule has 0 aliphatic carbocycles. The van der Waals surface area contributed by atoms with Crippen LogP contribution in [0.25, 0.3) is 0 Å². The first-order valence-corrected chi connectivity index (χ1v) is 9.26. The molecule has 1 aliphatic rings. The Bertz CT molecular complexity index is 1040. The highest BCUT2D eigenvalue weighted by atomic mass is 16.6. The van der Waals surface area contributed by atoms with Crippen LogP contribution in [0, 0.1) is 10.1 Å². The maximum atomic E-state index is 13.2. The molecule has 7 nitrogen and oxygen atoms in total. The van der Waals surface area contributed by atoms with Gasteiger partial charge in [0, 0.05) is 18.7 Å². The largest absolute Gasteiger partial charge is 0.307 e. The van der Waals surface area contributed by atoms with E-state index in [2.05, 4.69) is 5.10 Å². The Morgan fingerprint density at radius 2 is 2.00 bits per heavy atom. The van der Waals surface area contributed by atoms with Gasteiger partial charge in [-0.1, -0.05) is 43.3 Å². The van der Waals surface area contributed by atoms with Gasteiger partial charge in [0.25, 0.3) is 11.6 Å². The smallest absolute Gasteiger partial charge is 0.271 e. The van der Waals surface area contributed by atoms with Crippen LogP contribution in [-0.4, -0.2) is 27.2 Å². The minimum atomic E-state index is -0.434. The molecule has 3 aromatic rings. The van der Waals surface area contributed by atoms with Crippen LogP contribution in [0.1, 0.15) is 34.1 Å². The van der Waals surface area contributed by atoms with Crippen molar-refractivity contribution >= 4 is 17.3 Å². The van der Waals surface area contributed by atoms with E-state index in [0.717, 1.165) is 16.8 Å². The van der Waals surface area contributed by atoms with Crippen molar-refractivity contribution in [3.05, 3.63) is 87.2 Å². The van der Waals surface area contributed by atoms with Gasteiger partial charge in [0.1, 0.15) is 0 Å². The quantitative estimate of drug-likeness (QED) is 0.503. The molecular weight excluding hydrogens is 356 g/mol. The zero-order chi connectivity index (χ0) is 19.7. The summed E-state index contributed by atoms with van der Waals surface area (Å²) in [5.41, 5.74) is 4.10. The monoisotopic (exact) mass is 376 g/mol. The maximum absolute atomic E-state index is 13.2. The van der Waals surface area contributed by atoms with Crippen LogP contribution in [0.3, 0.4) is 0 Å². The van der Waals surface area contributed by atoms with Gasteiger partial charge >= 0.3 is 0 Å². The number of hydrogen-bond acceptors (Lipinski definition) is 4. The van der Waals surface area contributed by atoms with Gasteiger partial charge in [-0.05, 0) is 24.0 Å². The Morgan fingerprint density at radius 1 is 1.21 bits per heavy atom. The van der Waals surface area contributed by atoms with Gasteiger partial charge in [0.2, 0.25) is 0 Å². The van der Waals surface area contributed by atoms with Crippen LogP contribution in [0.4, 0.5) is 11.4 Å². The van der Waals surface area contributed by atoms with E-state index in [4.69, 9.17) is 0 Å². The number of nitro benzene ring substituents is 1. The van der Waals surface area contributed by atoms with Crippen LogP contribution in [0.15, 0.2) is 54.7 Å². The summed E-state index contributed by atoms with van der Waals surface area (Å²) in [5, 5.41) is 15.6. The molecule has 1 aromatic heterocycles. The van der Waals surface area contributed by atoms with E-state index in [1.807, 2.05) is 41.9 Å². The first-order valence-electron chi connectivity index (χ1n) is 9.26. The van der Waals surface area contributed by atoms with Crippen LogP contribution < -0.4 is 4.90 Å². The van der Waals surface area contributed by atoms with Crippen molar-refractivity contribution in [3.8, 4) is 0 Å². The molecule has 2 heterocycles. The number of non-ortho nitro benzene ring substituents is 1. The molecule has 0 saturated carbocycles. The number of hydrogen-bond donors (Lipinski definition) is 0. The molecule has 0 spiro atoms. The number of nitrogens with zero attached hydrogens (tertiary/aromatic N) is 4. The Labute approximate surface area is 162 Å². The predicted octanol–water partition coefficient (Wildman–Crippen LogP) is 3.60. The number of anilines is 1. The normalized spacial score (nSPS) is 12.8.